The first kappa shape index (κ1) is 24.3. The van der Waals surface area contributed by atoms with Gasteiger partial charge in [-0.25, -0.2) is 14.3 Å². The van der Waals surface area contributed by atoms with Gasteiger partial charge >= 0.3 is 12.0 Å². The van der Waals surface area contributed by atoms with Gasteiger partial charge in [-0.15, -0.1) is 16.9 Å². The number of nitrogens with two attached hydrogens (primary N) is 1. The van der Waals surface area contributed by atoms with E-state index in [1.165, 1.54) is 52.5 Å². The van der Waals surface area contributed by atoms with Gasteiger partial charge in [0, 0.05) is 18.6 Å². The molecule has 184 valence electrons. The summed E-state index contributed by atoms with van der Waals surface area (Å²) >= 11 is 2.56. The lowest BCUT2D eigenvalue weighted by molar-refractivity contribution is -0.150. The van der Waals surface area contributed by atoms with E-state index in [-0.39, 0.29) is 17.2 Å². The van der Waals surface area contributed by atoms with Crippen LogP contribution in [0.15, 0.2) is 40.7 Å². The monoisotopic (exact) mass is 520 g/mol. The van der Waals surface area contributed by atoms with Gasteiger partial charge in [0.05, 0.1) is 0 Å². The molecule has 2 aliphatic rings. The largest absolute Gasteiger partial charge is 0.508 e. The Bertz CT molecular complexity index is 1220. The number of rotatable bonds is 8. The van der Waals surface area contributed by atoms with Crippen LogP contribution < -0.4 is 16.4 Å². The molecule has 3 atom stereocenters. The van der Waals surface area contributed by atoms with Gasteiger partial charge in [0.2, 0.25) is 11.1 Å². The molecule has 3 heterocycles. The van der Waals surface area contributed by atoms with Crippen LogP contribution in [-0.2, 0) is 21.4 Å². The summed E-state index contributed by atoms with van der Waals surface area (Å²) in [6.45, 7) is 0. The highest BCUT2D eigenvalue weighted by molar-refractivity contribution is 8.01. The number of carbonyl (C=O) groups is 4. The van der Waals surface area contributed by atoms with Crippen molar-refractivity contribution in [3.63, 3.8) is 0 Å². The van der Waals surface area contributed by atoms with E-state index < -0.39 is 41.3 Å². The number of nitrogens with one attached hydrogen (secondary N) is 2. The molecular formula is C19H20N8O6S2. The molecule has 2 unspecified atom stereocenters. The van der Waals surface area contributed by atoms with Crippen molar-refractivity contribution in [2.75, 3.05) is 11.5 Å². The predicted octanol–water partition coefficient (Wildman–Crippen LogP) is -0.844. The number of tetrazole rings is 1. The molecule has 4 rings (SSSR count). The molecule has 2 aliphatic heterocycles. The van der Waals surface area contributed by atoms with Crippen LogP contribution in [0.25, 0.3) is 0 Å². The number of aliphatic carboxylic acids is 1. The summed E-state index contributed by atoms with van der Waals surface area (Å²) in [6.07, 6.45) is 0. The number of benzene rings is 1. The van der Waals surface area contributed by atoms with Gasteiger partial charge in [-0.2, -0.15) is 0 Å². The number of β-lactam (4-membered cyclic amide) rings is 1. The molecule has 6 N–H and O–H groups in total. The number of hydrogen-bond donors (Lipinski definition) is 5. The molecule has 0 saturated carbocycles. The minimum Gasteiger partial charge on any atom is -0.508 e. The molecule has 16 heteroatoms. The summed E-state index contributed by atoms with van der Waals surface area (Å²) in [5, 5.41) is 35.2. The molecule has 1 aromatic heterocycles. The molecule has 4 amide bonds. The minimum atomic E-state index is -1.25. The fraction of sp³-hybridized carbons (Fsp3) is 0.316. The van der Waals surface area contributed by atoms with Crippen molar-refractivity contribution in [1.29, 1.82) is 0 Å². The fourth-order valence-corrected chi connectivity index (χ4v) is 5.97. The predicted molar refractivity (Wildman–Crippen MR) is 123 cm³/mol. The Morgan fingerprint density at radius 2 is 2.03 bits per heavy atom. The summed E-state index contributed by atoms with van der Waals surface area (Å²) in [4.78, 5) is 50.5. The van der Waals surface area contributed by atoms with E-state index in [9.17, 15) is 29.4 Å². The van der Waals surface area contributed by atoms with E-state index in [0.717, 1.165) is 4.90 Å². The van der Waals surface area contributed by atoms with Crippen molar-refractivity contribution in [2.45, 2.75) is 22.6 Å². The summed E-state index contributed by atoms with van der Waals surface area (Å²) in [5.74, 6) is -1.99. The van der Waals surface area contributed by atoms with Crippen LogP contribution in [0.2, 0.25) is 0 Å². The second-order valence-corrected chi connectivity index (χ2v) is 9.61. The first-order chi connectivity index (χ1) is 16.7. The average molecular weight is 521 g/mol. The van der Waals surface area contributed by atoms with Crippen molar-refractivity contribution < 1.29 is 29.4 Å². The maximum atomic E-state index is 13.0. The highest BCUT2D eigenvalue weighted by Gasteiger charge is 2.54. The number of fused-ring (bicyclic) bond motifs is 1. The second-order valence-electron chi connectivity index (χ2n) is 7.56. The number of phenolic OH excluding ortho intramolecular Hbond substituents is 1. The Balaban J connectivity index is 1.49. The van der Waals surface area contributed by atoms with Gasteiger partial charge in [-0.05, 0) is 33.7 Å². The molecular weight excluding hydrogens is 500 g/mol. The van der Waals surface area contributed by atoms with Crippen LogP contribution in [0.3, 0.4) is 0 Å². The maximum Gasteiger partial charge on any atom is 0.352 e. The van der Waals surface area contributed by atoms with Crippen molar-refractivity contribution in [3.05, 3.63) is 41.1 Å². The molecule has 0 aliphatic carbocycles. The maximum absolute atomic E-state index is 13.0. The van der Waals surface area contributed by atoms with E-state index in [1.54, 1.807) is 7.05 Å². The number of aromatic nitrogens is 4. The van der Waals surface area contributed by atoms with Gasteiger partial charge in [0.25, 0.3) is 5.91 Å². The van der Waals surface area contributed by atoms with Gasteiger partial charge in [0.1, 0.15) is 28.9 Å². The topological polar surface area (TPSA) is 206 Å². The molecule has 14 nitrogen and oxygen atoms in total. The zero-order chi connectivity index (χ0) is 25.3. The van der Waals surface area contributed by atoms with Crippen LogP contribution in [0.4, 0.5) is 4.79 Å². The van der Waals surface area contributed by atoms with Crippen LogP contribution in [0.1, 0.15) is 11.6 Å². The molecule has 0 bridgehead atoms. The van der Waals surface area contributed by atoms with Gasteiger partial charge in [-0.1, -0.05) is 23.9 Å². The number of carbonyl (C=O) groups excluding carboxylic acids is 3. The van der Waals surface area contributed by atoms with Crippen molar-refractivity contribution in [1.82, 2.24) is 35.7 Å². The Morgan fingerprint density at radius 1 is 1.31 bits per heavy atom. The number of phenols is 1. The lowest BCUT2D eigenvalue weighted by Gasteiger charge is -2.49. The van der Waals surface area contributed by atoms with Gasteiger partial charge < -0.3 is 26.6 Å². The average Bonchev–Trinajstić information content (AvgIpc) is 3.23. The minimum absolute atomic E-state index is 0.0345. The Morgan fingerprint density at radius 3 is 2.63 bits per heavy atom. The zero-order valence-corrected chi connectivity index (χ0v) is 19.7. The number of primary amides is 1. The van der Waals surface area contributed by atoms with Crippen LogP contribution in [0, 0.1) is 0 Å². The van der Waals surface area contributed by atoms with Crippen LogP contribution >= 0.6 is 23.5 Å². The van der Waals surface area contributed by atoms with Gasteiger partial charge in [0.15, 0.2) is 0 Å². The highest BCUT2D eigenvalue weighted by atomic mass is 32.2. The van der Waals surface area contributed by atoms with Crippen LogP contribution in [-0.4, -0.2) is 82.1 Å². The quantitative estimate of drug-likeness (QED) is 0.214. The van der Waals surface area contributed by atoms with Crippen molar-refractivity contribution in [3.8, 4) is 5.75 Å². The lowest BCUT2D eigenvalue weighted by atomic mass is 10.0. The zero-order valence-electron chi connectivity index (χ0n) is 18.1. The summed E-state index contributed by atoms with van der Waals surface area (Å²) in [7, 11) is 1.66. The third-order valence-electron chi connectivity index (χ3n) is 5.28. The van der Waals surface area contributed by atoms with E-state index in [0.29, 0.717) is 22.0 Å². The molecule has 1 fully saturated rings. The first-order valence-electron chi connectivity index (χ1n) is 10.1. The number of amides is 4. The third-order valence-corrected chi connectivity index (χ3v) is 7.72. The smallest absolute Gasteiger partial charge is 0.352 e. The molecule has 2 aromatic rings. The Labute approximate surface area is 206 Å². The standard InChI is InChI=1S/C19H20N8O6S2/c1-26-19(23-24-25-26)35-7-9-6-34-16-12(15(30)27(16)13(9)17(31)32)21-14(29)11(22-18(20)33)8-2-4-10(28)5-3-8/h2-5,11-12,16,28H,6-7H2,1H3,(H,21,29)(H,31,32)(H3,20,22,33)/t11?,12-,16?/m1/s1. The number of nitrogens with zero attached hydrogens (tertiary/aromatic N) is 5. The Kier molecular flexibility index (Phi) is 6.83. The lowest BCUT2D eigenvalue weighted by Crippen LogP contribution is -2.71. The molecule has 35 heavy (non-hydrogen) atoms. The number of thioether (sulfide) groups is 2. The number of aromatic hydroxyl groups is 1. The SMILES string of the molecule is Cn1nnnc1SCC1=C(C(=O)O)N2C(=O)[C@@H](NC(=O)C(NC(N)=O)c3ccc(O)cc3)C2SC1. The van der Waals surface area contributed by atoms with E-state index in [1.807, 2.05) is 0 Å². The normalized spacial score (nSPS) is 20.0. The number of hydrogen-bond acceptors (Lipinski definition) is 10. The summed E-state index contributed by atoms with van der Waals surface area (Å²) in [5.41, 5.74) is 5.94. The third kappa shape index (κ3) is 4.88. The van der Waals surface area contributed by atoms with E-state index in [4.69, 9.17) is 5.73 Å². The number of urea groups is 1. The summed E-state index contributed by atoms with van der Waals surface area (Å²) < 4.78 is 1.45. The van der Waals surface area contributed by atoms with Crippen molar-refractivity contribution in [2.24, 2.45) is 12.8 Å². The van der Waals surface area contributed by atoms with Crippen LogP contribution in [0.5, 0.6) is 5.75 Å². The summed E-state index contributed by atoms with van der Waals surface area (Å²) in [6, 6.07) is 2.38. The molecule has 1 saturated heterocycles. The van der Waals surface area contributed by atoms with Gasteiger partial charge in [-0.3, -0.25) is 14.5 Å². The van der Waals surface area contributed by atoms with E-state index in [2.05, 4.69) is 26.2 Å². The molecule has 1 aromatic carbocycles. The first-order valence-corrected chi connectivity index (χ1v) is 12.1. The van der Waals surface area contributed by atoms with E-state index >= 15 is 0 Å². The number of carboxylic acids is 1. The van der Waals surface area contributed by atoms with Crippen molar-refractivity contribution >= 4 is 47.3 Å². The highest BCUT2D eigenvalue weighted by Crippen LogP contribution is 2.41. The molecule has 0 radical (unpaired) electrons. The Hall–Kier alpha value is -3.79. The number of aryl methyl sites for hydroxylation is 1. The number of carboxylic acid groups (broad SMARTS) is 1. The second kappa shape index (κ2) is 9.83. The fourth-order valence-electron chi connectivity index (χ4n) is 3.64. The molecule has 0 spiro atoms.